The van der Waals surface area contributed by atoms with Gasteiger partial charge in [0.25, 0.3) is 0 Å². The lowest BCUT2D eigenvalue weighted by molar-refractivity contribution is 0.133. The Balaban J connectivity index is 2.98. The van der Waals surface area contributed by atoms with Gasteiger partial charge in [-0.25, -0.2) is 17.5 Å². The minimum absolute atomic E-state index is 0.152. The van der Waals surface area contributed by atoms with Crippen LogP contribution in [0.5, 0.6) is 0 Å². The van der Waals surface area contributed by atoms with E-state index in [-0.39, 0.29) is 12.3 Å². The van der Waals surface area contributed by atoms with Crippen molar-refractivity contribution in [3.8, 4) is 0 Å². The van der Waals surface area contributed by atoms with Gasteiger partial charge in [-0.05, 0) is 41.9 Å². The molecule has 108 valence electrons. The van der Waals surface area contributed by atoms with Crippen molar-refractivity contribution in [2.45, 2.75) is 24.8 Å². The highest BCUT2D eigenvalue weighted by molar-refractivity contribution is 9.10. The van der Waals surface area contributed by atoms with Crippen molar-refractivity contribution in [2.75, 3.05) is 18.9 Å². The molecule has 0 spiro atoms. The lowest BCUT2D eigenvalue weighted by Gasteiger charge is -2.15. The van der Waals surface area contributed by atoms with Crippen LogP contribution in [0, 0.1) is 5.82 Å². The molecule has 0 saturated heterocycles. The van der Waals surface area contributed by atoms with E-state index in [1.165, 1.54) is 0 Å². The van der Waals surface area contributed by atoms with Crippen molar-refractivity contribution in [1.29, 1.82) is 0 Å². The van der Waals surface area contributed by atoms with Crippen molar-refractivity contribution < 1.29 is 17.5 Å². The maximum absolute atomic E-state index is 13.7. The van der Waals surface area contributed by atoms with Crippen LogP contribution in [0.15, 0.2) is 21.5 Å². The molecule has 0 bridgehead atoms. The number of sulfonamides is 1. The van der Waals surface area contributed by atoms with Crippen LogP contribution in [0.4, 0.5) is 10.1 Å². The van der Waals surface area contributed by atoms with Gasteiger partial charge < -0.3 is 10.5 Å². The molecule has 8 heteroatoms. The highest BCUT2D eigenvalue weighted by atomic mass is 79.9. The molecule has 1 aromatic rings. The summed E-state index contributed by atoms with van der Waals surface area (Å²) in [6.07, 6.45) is 0. The van der Waals surface area contributed by atoms with Crippen molar-refractivity contribution in [2.24, 2.45) is 0 Å². The number of anilines is 1. The molecule has 1 aromatic carbocycles. The van der Waals surface area contributed by atoms with Crippen molar-refractivity contribution >= 4 is 31.6 Å². The van der Waals surface area contributed by atoms with Crippen LogP contribution in [0.25, 0.3) is 0 Å². The summed E-state index contributed by atoms with van der Waals surface area (Å²) in [6, 6.07) is 1.64. The van der Waals surface area contributed by atoms with E-state index in [9.17, 15) is 12.8 Å². The normalized spacial score (nSPS) is 13.5. The highest BCUT2D eigenvalue weighted by Gasteiger charge is 2.22. The molecular formula is C11H16BrFN2O3S. The molecule has 3 N–H and O–H groups in total. The van der Waals surface area contributed by atoms with E-state index in [1.54, 1.807) is 13.8 Å². The second-order valence-electron chi connectivity index (χ2n) is 3.99. The molecule has 0 aliphatic rings. The van der Waals surface area contributed by atoms with E-state index < -0.39 is 26.8 Å². The fourth-order valence-corrected chi connectivity index (χ4v) is 3.05. The van der Waals surface area contributed by atoms with Crippen LogP contribution in [0.1, 0.15) is 13.8 Å². The number of benzene rings is 1. The number of hydrogen-bond acceptors (Lipinski definition) is 4. The molecule has 0 fully saturated rings. The average molecular weight is 355 g/mol. The predicted molar refractivity (Wildman–Crippen MR) is 74.8 cm³/mol. The molecule has 1 rings (SSSR count). The number of nitrogen functional groups attached to an aromatic ring is 1. The SMILES string of the molecule is CCOCC(C)NS(=O)(=O)c1cc(N)c(Br)cc1F. The smallest absolute Gasteiger partial charge is 0.243 e. The quantitative estimate of drug-likeness (QED) is 0.764. The first-order valence-corrected chi connectivity index (χ1v) is 7.90. The second-order valence-corrected chi connectivity index (χ2v) is 6.52. The second kappa shape index (κ2) is 6.65. The van der Waals surface area contributed by atoms with Gasteiger partial charge in [0.2, 0.25) is 10.0 Å². The minimum Gasteiger partial charge on any atom is -0.398 e. The zero-order valence-electron chi connectivity index (χ0n) is 10.6. The van der Waals surface area contributed by atoms with Crippen LogP contribution < -0.4 is 10.5 Å². The third-order valence-corrected chi connectivity index (χ3v) is 4.56. The third kappa shape index (κ3) is 4.41. The molecule has 0 aromatic heterocycles. The average Bonchev–Trinajstić information content (AvgIpc) is 2.30. The summed E-state index contributed by atoms with van der Waals surface area (Å²) < 4.78 is 45.5. The van der Waals surface area contributed by atoms with Gasteiger partial charge in [0.15, 0.2) is 0 Å². The van der Waals surface area contributed by atoms with Gasteiger partial charge in [0, 0.05) is 22.8 Å². The first-order chi connectivity index (χ1) is 8.77. The summed E-state index contributed by atoms with van der Waals surface area (Å²) in [5.41, 5.74) is 5.72. The van der Waals surface area contributed by atoms with Crippen molar-refractivity contribution in [3.05, 3.63) is 22.4 Å². The number of halogens is 2. The minimum atomic E-state index is -3.97. The zero-order valence-corrected chi connectivity index (χ0v) is 13.0. The number of nitrogens with two attached hydrogens (primary N) is 1. The molecule has 19 heavy (non-hydrogen) atoms. The Morgan fingerprint density at radius 3 is 2.74 bits per heavy atom. The van der Waals surface area contributed by atoms with Gasteiger partial charge in [-0.2, -0.15) is 0 Å². The molecule has 0 aliphatic carbocycles. The largest absolute Gasteiger partial charge is 0.398 e. The van der Waals surface area contributed by atoms with Crippen molar-refractivity contribution in [1.82, 2.24) is 4.72 Å². The first kappa shape index (κ1) is 16.4. The number of ether oxygens (including phenoxy) is 1. The Hall–Kier alpha value is -0.700. The van der Waals surface area contributed by atoms with Gasteiger partial charge in [0.1, 0.15) is 10.7 Å². The monoisotopic (exact) mass is 354 g/mol. The van der Waals surface area contributed by atoms with Gasteiger partial charge in [-0.3, -0.25) is 0 Å². The Bertz CT molecular complexity index is 551. The fourth-order valence-electron chi connectivity index (χ4n) is 1.41. The molecular weight excluding hydrogens is 339 g/mol. The van der Waals surface area contributed by atoms with Crippen molar-refractivity contribution in [3.63, 3.8) is 0 Å². The van der Waals surface area contributed by atoms with Crippen LogP contribution in [-0.4, -0.2) is 27.7 Å². The zero-order chi connectivity index (χ0) is 14.6. The lowest BCUT2D eigenvalue weighted by atomic mass is 10.3. The molecule has 0 saturated carbocycles. The summed E-state index contributed by atoms with van der Waals surface area (Å²) in [6.45, 7) is 4.12. The molecule has 0 radical (unpaired) electrons. The first-order valence-electron chi connectivity index (χ1n) is 5.62. The molecule has 0 aliphatic heterocycles. The van der Waals surface area contributed by atoms with E-state index in [4.69, 9.17) is 10.5 Å². The van der Waals surface area contributed by atoms with Crippen LogP contribution in [-0.2, 0) is 14.8 Å². The Morgan fingerprint density at radius 2 is 2.16 bits per heavy atom. The topological polar surface area (TPSA) is 81.4 Å². The summed E-state index contributed by atoms with van der Waals surface area (Å²) in [5, 5.41) is 0. The van der Waals surface area contributed by atoms with E-state index in [0.717, 1.165) is 12.1 Å². The van der Waals surface area contributed by atoms with Gasteiger partial charge in [-0.15, -0.1) is 0 Å². The summed E-state index contributed by atoms with van der Waals surface area (Å²) in [4.78, 5) is -0.475. The van der Waals surface area contributed by atoms with Gasteiger partial charge in [-0.1, -0.05) is 0 Å². The van der Waals surface area contributed by atoms with E-state index in [2.05, 4.69) is 20.7 Å². The van der Waals surface area contributed by atoms with E-state index in [0.29, 0.717) is 11.1 Å². The van der Waals surface area contributed by atoms with Gasteiger partial charge >= 0.3 is 0 Å². The fraction of sp³-hybridized carbons (Fsp3) is 0.455. The van der Waals surface area contributed by atoms with Crippen LogP contribution in [0.2, 0.25) is 0 Å². The predicted octanol–water partition coefficient (Wildman–Crippen LogP) is 1.87. The molecule has 1 atom stereocenters. The maximum Gasteiger partial charge on any atom is 0.243 e. The Kier molecular flexibility index (Phi) is 5.72. The van der Waals surface area contributed by atoms with Crippen LogP contribution >= 0.6 is 15.9 Å². The van der Waals surface area contributed by atoms with Crippen LogP contribution in [0.3, 0.4) is 0 Å². The Labute approximate surface area is 120 Å². The lowest BCUT2D eigenvalue weighted by Crippen LogP contribution is -2.36. The summed E-state index contributed by atoms with van der Waals surface area (Å²) in [7, 11) is -3.97. The summed E-state index contributed by atoms with van der Waals surface area (Å²) >= 11 is 3.03. The molecule has 5 nitrogen and oxygen atoms in total. The number of hydrogen-bond donors (Lipinski definition) is 2. The van der Waals surface area contributed by atoms with E-state index >= 15 is 0 Å². The third-order valence-electron chi connectivity index (χ3n) is 2.27. The number of rotatable bonds is 6. The molecule has 0 heterocycles. The Morgan fingerprint density at radius 1 is 1.53 bits per heavy atom. The molecule has 0 amide bonds. The van der Waals surface area contributed by atoms with Gasteiger partial charge in [0.05, 0.1) is 6.61 Å². The van der Waals surface area contributed by atoms with E-state index in [1.807, 2.05) is 0 Å². The standard InChI is InChI=1S/C11H16BrFN2O3S/c1-3-18-6-7(2)15-19(16,17)11-5-10(14)8(12)4-9(11)13/h4-5,7,15H,3,6,14H2,1-2H3. The summed E-state index contributed by atoms with van der Waals surface area (Å²) in [5.74, 6) is -0.864. The molecule has 1 unspecified atom stereocenters. The number of nitrogens with one attached hydrogen (secondary N) is 1. The highest BCUT2D eigenvalue weighted by Crippen LogP contribution is 2.26. The maximum atomic E-state index is 13.7.